The zero-order valence-corrected chi connectivity index (χ0v) is 13.1. The standard InChI is InChI=1S/C13H25N5O5/c1-7(13(22)23)17-12(21)9(4-2-3-5-14)18-11(20)8(15)6-10(16)19/h7-9H,2-6,14-15H2,1H3,(H2,16,19)(H,17,21)(H,18,20)(H,22,23). The van der Waals surface area contributed by atoms with Gasteiger partial charge in [0, 0.05) is 0 Å². The summed E-state index contributed by atoms with van der Waals surface area (Å²) in [6.45, 7) is 1.73. The lowest BCUT2D eigenvalue weighted by atomic mass is 10.1. The van der Waals surface area contributed by atoms with Crippen LogP contribution in [0, 0.1) is 0 Å². The summed E-state index contributed by atoms with van der Waals surface area (Å²) in [4.78, 5) is 45.5. The van der Waals surface area contributed by atoms with Crippen molar-refractivity contribution in [2.75, 3.05) is 6.54 Å². The number of hydrogen-bond donors (Lipinski definition) is 6. The van der Waals surface area contributed by atoms with Crippen LogP contribution in [-0.2, 0) is 19.2 Å². The van der Waals surface area contributed by atoms with Crippen LogP contribution in [0.15, 0.2) is 0 Å². The van der Waals surface area contributed by atoms with Gasteiger partial charge in [0.2, 0.25) is 17.7 Å². The number of hydrogen-bond acceptors (Lipinski definition) is 6. The van der Waals surface area contributed by atoms with Gasteiger partial charge in [0.1, 0.15) is 12.1 Å². The third-order valence-electron chi connectivity index (χ3n) is 3.07. The minimum absolute atomic E-state index is 0.268. The predicted molar refractivity (Wildman–Crippen MR) is 81.9 cm³/mol. The van der Waals surface area contributed by atoms with Crippen molar-refractivity contribution in [3.63, 3.8) is 0 Å². The molecule has 0 bridgehead atoms. The highest BCUT2D eigenvalue weighted by atomic mass is 16.4. The van der Waals surface area contributed by atoms with Crippen LogP contribution in [0.25, 0.3) is 0 Å². The maximum atomic E-state index is 12.1. The van der Waals surface area contributed by atoms with E-state index in [1.54, 1.807) is 0 Å². The summed E-state index contributed by atoms with van der Waals surface area (Å²) >= 11 is 0. The van der Waals surface area contributed by atoms with Crippen molar-refractivity contribution in [1.29, 1.82) is 0 Å². The second-order valence-electron chi connectivity index (χ2n) is 5.19. The Hall–Kier alpha value is -2.20. The molecular weight excluding hydrogens is 306 g/mol. The average molecular weight is 331 g/mol. The number of aliphatic carboxylic acids is 1. The molecule has 0 heterocycles. The van der Waals surface area contributed by atoms with Crippen molar-refractivity contribution in [2.45, 2.75) is 50.7 Å². The van der Waals surface area contributed by atoms with Crippen LogP contribution in [-0.4, -0.2) is 53.5 Å². The molecule has 3 atom stereocenters. The topological polar surface area (TPSA) is 191 Å². The number of carbonyl (C=O) groups is 4. The fraction of sp³-hybridized carbons (Fsp3) is 0.692. The van der Waals surface area contributed by atoms with Gasteiger partial charge < -0.3 is 32.9 Å². The van der Waals surface area contributed by atoms with Gasteiger partial charge in [-0.1, -0.05) is 0 Å². The molecule has 0 radical (unpaired) electrons. The number of nitrogens with one attached hydrogen (secondary N) is 2. The van der Waals surface area contributed by atoms with Gasteiger partial charge in [0.15, 0.2) is 0 Å². The van der Waals surface area contributed by atoms with Crippen molar-refractivity contribution >= 4 is 23.7 Å². The number of rotatable bonds is 11. The Morgan fingerprint density at radius 2 is 1.70 bits per heavy atom. The Bertz CT molecular complexity index is 442. The molecule has 3 amide bonds. The van der Waals surface area contributed by atoms with E-state index in [1.165, 1.54) is 6.92 Å². The van der Waals surface area contributed by atoms with E-state index < -0.39 is 41.8 Å². The quantitative estimate of drug-likeness (QED) is 0.223. The fourth-order valence-corrected chi connectivity index (χ4v) is 1.73. The molecule has 10 nitrogen and oxygen atoms in total. The first kappa shape index (κ1) is 20.8. The number of unbranched alkanes of at least 4 members (excludes halogenated alkanes) is 1. The molecule has 0 aromatic rings. The molecular formula is C13H25N5O5. The summed E-state index contributed by atoms with van der Waals surface area (Å²) in [6, 6.07) is -3.24. The third-order valence-corrected chi connectivity index (χ3v) is 3.07. The predicted octanol–water partition coefficient (Wildman–Crippen LogP) is -2.61. The van der Waals surface area contributed by atoms with Crippen molar-refractivity contribution in [2.24, 2.45) is 17.2 Å². The number of nitrogens with two attached hydrogens (primary N) is 3. The van der Waals surface area contributed by atoms with E-state index in [0.29, 0.717) is 19.4 Å². The summed E-state index contributed by atoms with van der Waals surface area (Å²) < 4.78 is 0. The van der Waals surface area contributed by atoms with Crippen LogP contribution >= 0.6 is 0 Å². The highest BCUT2D eigenvalue weighted by Crippen LogP contribution is 2.03. The minimum atomic E-state index is -1.20. The van der Waals surface area contributed by atoms with Gasteiger partial charge in [-0.15, -0.1) is 0 Å². The normalized spacial score (nSPS) is 14.4. The molecule has 0 saturated carbocycles. The largest absolute Gasteiger partial charge is 0.480 e. The van der Waals surface area contributed by atoms with Gasteiger partial charge in [-0.05, 0) is 32.7 Å². The van der Waals surface area contributed by atoms with Crippen LogP contribution < -0.4 is 27.8 Å². The summed E-state index contributed by atoms with van der Waals surface area (Å²) in [5, 5.41) is 13.5. The second-order valence-corrected chi connectivity index (χ2v) is 5.19. The maximum Gasteiger partial charge on any atom is 0.325 e. The Balaban J connectivity index is 4.78. The van der Waals surface area contributed by atoms with Gasteiger partial charge in [0.25, 0.3) is 0 Å². The first-order valence-corrected chi connectivity index (χ1v) is 7.26. The summed E-state index contributed by atoms with van der Waals surface area (Å²) in [6.07, 6.45) is 1.11. The molecule has 9 N–H and O–H groups in total. The second kappa shape index (κ2) is 10.5. The molecule has 132 valence electrons. The number of carboxylic acid groups (broad SMARTS) is 1. The van der Waals surface area contributed by atoms with Crippen molar-refractivity contribution in [3.8, 4) is 0 Å². The lowest BCUT2D eigenvalue weighted by Crippen LogP contribution is -2.54. The molecule has 23 heavy (non-hydrogen) atoms. The molecule has 0 rings (SSSR count). The monoisotopic (exact) mass is 331 g/mol. The molecule has 0 aromatic carbocycles. The van der Waals surface area contributed by atoms with E-state index in [4.69, 9.17) is 22.3 Å². The molecule has 0 aliphatic heterocycles. The number of carboxylic acids is 1. The Morgan fingerprint density at radius 3 is 2.17 bits per heavy atom. The lowest BCUT2D eigenvalue weighted by molar-refractivity contribution is -0.141. The van der Waals surface area contributed by atoms with Gasteiger partial charge in [-0.3, -0.25) is 19.2 Å². The zero-order chi connectivity index (χ0) is 18.0. The average Bonchev–Trinajstić information content (AvgIpc) is 2.45. The molecule has 0 spiro atoms. The smallest absolute Gasteiger partial charge is 0.325 e. The van der Waals surface area contributed by atoms with Crippen LogP contribution in [0.3, 0.4) is 0 Å². The van der Waals surface area contributed by atoms with Crippen molar-refractivity contribution in [3.05, 3.63) is 0 Å². The van der Waals surface area contributed by atoms with E-state index in [9.17, 15) is 19.2 Å². The zero-order valence-electron chi connectivity index (χ0n) is 13.1. The van der Waals surface area contributed by atoms with Crippen LogP contribution in [0.2, 0.25) is 0 Å². The van der Waals surface area contributed by atoms with Gasteiger partial charge in [-0.2, -0.15) is 0 Å². The molecule has 0 aliphatic carbocycles. The minimum Gasteiger partial charge on any atom is -0.480 e. The van der Waals surface area contributed by atoms with Crippen molar-refractivity contribution in [1.82, 2.24) is 10.6 Å². The van der Waals surface area contributed by atoms with Gasteiger partial charge >= 0.3 is 5.97 Å². The molecule has 10 heteroatoms. The van der Waals surface area contributed by atoms with E-state index in [1.807, 2.05) is 0 Å². The van der Waals surface area contributed by atoms with E-state index >= 15 is 0 Å². The third kappa shape index (κ3) is 8.73. The summed E-state index contributed by atoms with van der Waals surface area (Å²) in [5.74, 6) is -3.29. The summed E-state index contributed by atoms with van der Waals surface area (Å²) in [5.41, 5.74) is 15.9. The van der Waals surface area contributed by atoms with E-state index in [-0.39, 0.29) is 12.8 Å². The van der Waals surface area contributed by atoms with Gasteiger partial charge in [-0.25, -0.2) is 0 Å². The highest BCUT2D eigenvalue weighted by molar-refractivity contribution is 5.93. The lowest BCUT2D eigenvalue weighted by Gasteiger charge is -2.21. The number of primary amides is 1. The van der Waals surface area contributed by atoms with E-state index in [2.05, 4.69) is 10.6 Å². The molecule has 0 saturated heterocycles. The van der Waals surface area contributed by atoms with Crippen molar-refractivity contribution < 1.29 is 24.3 Å². The highest BCUT2D eigenvalue weighted by Gasteiger charge is 2.26. The first-order chi connectivity index (χ1) is 10.7. The van der Waals surface area contributed by atoms with Crippen LogP contribution in [0.1, 0.15) is 32.6 Å². The first-order valence-electron chi connectivity index (χ1n) is 7.26. The molecule has 0 aromatic heterocycles. The molecule has 0 fully saturated rings. The van der Waals surface area contributed by atoms with Crippen LogP contribution in [0.4, 0.5) is 0 Å². The number of carbonyl (C=O) groups excluding carboxylic acids is 3. The summed E-state index contributed by atoms with van der Waals surface area (Å²) in [7, 11) is 0. The van der Waals surface area contributed by atoms with Crippen LogP contribution in [0.5, 0.6) is 0 Å². The SMILES string of the molecule is CC(NC(=O)C(CCCCN)NC(=O)C(N)CC(N)=O)C(=O)O. The molecule has 3 unspecified atom stereocenters. The van der Waals surface area contributed by atoms with Gasteiger partial charge in [0.05, 0.1) is 12.5 Å². The number of amides is 3. The Kier molecular flexibility index (Phi) is 9.51. The van der Waals surface area contributed by atoms with E-state index in [0.717, 1.165) is 0 Å². The Morgan fingerprint density at radius 1 is 1.09 bits per heavy atom. The molecule has 0 aliphatic rings. The fourth-order valence-electron chi connectivity index (χ4n) is 1.73. The Labute approximate surface area is 134 Å². The maximum absolute atomic E-state index is 12.1.